The monoisotopic (exact) mass is 442 g/mol. The third kappa shape index (κ3) is 3.74. The maximum Gasteiger partial charge on any atom is 0.252 e. The number of amides is 1. The molecule has 0 spiro atoms. The van der Waals surface area contributed by atoms with Gasteiger partial charge in [-0.2, -0.15) is 0 Å². The maximum absolute atomic E-state index is 12.5. The molecule has 0 radical (unpaired) electrons. The molecule has 1 amide bonds. The molecule has 1 N–H and O–H groups in total. The van der Waals surface area contributed by atoms with Gasteiger partial charge in [0.1, 0.15) is 11.5 Å². The summed E-state index contributed by atoms with van der Waals surface area (Å²) in [5.41, 5.74) is 1.46. The van der Waals surface area contributed by atoms with Crippen molar-refractivity contribution in [1.82, 2.24) is 10.3 Å². The Hall–Kier alpha value is -2.64. The molecular formula is C20H15BrN2O3S. The summed E-state index contributed by atoms with van der Waals surface area (Å²) >= 11 is 4.97. The van der Waals surface area contributed by atoms with Gasteiger partial charge in [-0.25, -0.2) is 4.98 Å². The van der Waals surface area contributed by atoms with Crippen LogP contribution in [0, 0.1) is 0 Å². The zero-order valence-electron chi connectivity index (χ0n) is 14.4. The number of thiazole rings is 1. The van der Waals surface area contributed by atoms with Crippen LogP contribution in [0.5, 0.6) is 5.75 Å². The third-order valence-electron chi connectivity index (χ3n) is 4.01. The minimum absolute atomic E-state index is 0.210. The van der Waals surface area contributed by atoms with Crippen LogP contribution < -0.4 is 10.1 Å². The summed E-state index contributed by atoms with van der Waals surface area (Å²) in [6.45, 7) is 0.285. The number of carbonyl (C=O) groups excluding carboxylic acids is 1. The van der Waals surface area contributed by atoms with Crippen LogP contribution in [0.25, 0.3) is 21.0 Å². The van der Waals surface area contributed by atoms with Crippen molar-refractivity contribution in [3.05, 3.63) is 70.4 Å². The quantitative estimate of drug-likeness (QED) is 0.457. The summed E-state index contributed by atoms with van der Waals surface area (Å²) in [6.07, 6.45) is 0. The van der Waals surface area contributed by atoms with Crippen LogP contribution in [0.15, 0.2) is 63.5 Å². The maximum atomic E-state index is 12.5. The van der Waals surface area contributed by atoms with E-state index >= 15 is 0 Å². The number of benzene rings is 2. The predicted molar refractivity (Wildman–Crippen MR) is 109 cm³/mol. The normalized spacial score (nSPS) is 10.9. The Morgan fingerprint density at radius 2 is 2.07 bits per heavy atom. The van der Waals surface area contributed by atoms with E-state index in [2.05, 4.69) is 26.2 Å². The number of carbonyl (C=O) groups is 1. The van der Waals surface area contributed by atoms with Gasteiger partial charge in [0.15, 0.2) is 10.8 Å². The lowest BCUT2D eigenvalue weighted by atomic mass is 10.2. The van der Waals surface area contributed by atoms with Gasteiger partial charge in [0.05, 0.1) is 29.4 Å². The largest absolute Gasteiger partial charge is 0.497 e. The van der Waals surface area contributed by atoms with Crippen LogP contribution in [-0.2, 0) is 6.54 Å². The first-order valence-electron chi connectivity index (χ1n) is 8.20. The van der Waals surface area contributed by atoms with E-state index in [-0.39, 0.29) is 12.5 Å². The van der Waals surface area contributed by atoms with Gasteiger partial charge >= 0.3 is 0 Å². The van der Waals surface area contributed by atoms with Crippen molar-refractivity contribution in [3.8, 4) is 16.5 Å². The Bertz CT molecular complexity index is 1090. The highest BCUT2D eigenvalue weighted by atomic mass is 79.9. The van der Waals surface area contributed by atoms with Gasteiger partial charge in [0.25, 0.3) is 5.91 Å². The van der Waals surface area contributed by atoms with Crippen molar-refractivity contribution in [3.63, 3.8) is 0 Å². The summed E-state index contributed by atoms with van der Waals surface area (Å²) in [4.78, 5) is 17.0. The van der Waals surface area contributed by atoms with Crippen LogP contribution in [0.1, 0.15) is 16.1 Å². The fraction of sp³-hybridized carbons (Fsp3) is 0.100. The van der Waals surface area contributed by atoms with E-state index in [9.17, 15) is 4.79 Å². The Morgan fingerprint density at radius 3 is 2.89 bits per heavy atom. The number of fused-ring (bicyclic) bond motifs is 1. The lowest BCUT2D eigenvalue weighted by Gasteiger charge is -2.07. The fourth-order valence-electron chi connectivity index (χ4n) is 2.63. The van der Waals surface area contributed by atoms with E-state index in [4.69, 9.17) is 9.15 Å². The number of rotatable bonds is 5. The van der Waals surface area contributed by atoms with Crippen LogP contribution in [0.2, 0.25) is 0 Å². The SMILES string of the molecule is COc1ccc(Br)c(C(=O)NCc2ccc(-c3nc4ccccc4s3)o2)c1. The topological polar surface area (TPSA) is 64.4 Å². The zero-order valence-corrected chi connectivity index (χ0v) is 16.8. The number of aromatic nitrogens is 1. The molecule has 0 saturated heterocycles. The van der Waals surface area contributed by atoms with E-state index in [0.717, 1.165) is 15.2 Å². The number of ether oxygens (including phenoxy) is 1. The van der Waals surface area contributed by atoms with Gasteiger partial charge in [-0.1, -0.05) is 12.1 Å². The molecule has 0 unspecified atom stereocenters. The minimum atomic E-state index is -0.210. The molecule has 2 heterocycles. The zero-order chi connectivity index (χ0) is 18.8. The number of halogens is 1. The van der Waals surface area contributed by atoms with Crippen molar-refractivity contribution < 1.29 is 13.9 Å². The number of furan rings is 1. The molecule has 5 nitrogen and oxygen atoms in total. The highest BCUT2D eigenvalue weighted by Gasteiger charge is 2.14. The summed E-state index contributed by atoms with van der Waals surface area (Å²) < 4.78 is 12.8. The van der Waals surface area contributed by atoms with Crippen LogP contribution >= 0.6 is 27.3 Å². The molecule has 0 aliphatic carbocycles. The highest BCUT2D eigenvalue weighted by molar-refractivity contribution is 9.10. The number of hydrogen-bond acceptors (Lipinski definition) is 5. The molecular weight excluding hydrogens is 428 g/mol. The second kappa shape index (κ2) is 7.54. The van der Waals surface area contributed by atoms with Gasteiger partial charge in [-0.05, 0) is 58.4 Å². The summed E-state index contributed by atoms with van der Waals surface area (Å²) in [5.74, 6) is 1.78. The molecule has 7 heteroatoms. The average molecular weight is 443 g/mol. The minimum Gasteiger partial charge on any atom is -0.497 e. The van der Waals surface area contributed by atoms with E-state index in [1.54, 1.807) is 36.6 Å². The second-order valence-electron chi connectivity index (χ2n) is 5.78. The summed E-state index contributed by atoms with van der Waals surface area (Å²) in [7, 11) is 1.57. The Kier molecular flexibility index (Phi) is 4.96. The van der Waals surface area contributed by atoms with E-state index in [0.29, 0.717) is 27.3 Å². The standard InChI is InChI=1S/C20H15BrN2O3S/c1-25-12-6-8-15(21)14(10-12)19(24)22-11-13-7-9-17(26-13)20-23-16-4-2-3-5-18(16)27-20/h2-10H,11H2,1H3,(H,22,24). The van der Waals surface area contributed by atoms with Crippen LogP contribution in [0.3, 0.4) is 0 Å². The molecule has 2 aromatic heterocycles. The van der Waals surface area contributed by atoms with E-state index in [1.807, 2.05) is 36.4 Å². The molecule has 136 valence electrons. The van der Waals surface area contributed by atoms with E-state index in [1.165, 1.54) is 0 Å². The Balaban J connectivity index is 1.47. The van der Waals surface area contributed by atoms with Crippen LogP contribution in [-0.4, -0.2) is 18.0 Å². The summed E-state index contributed by atoms with van der Waals surface area (Å²) in [6, 6.07) is 17.0. The molecule has 0 bridgehead atoms. The molecule has 2 aromatic carbocycles. The highest BCUT2D eigenvalue weighted by Crippen LogP contribution is 2.31. The molecule has 0 atom stereocenters. The van der Waals surface area contributed by atoms with Crippen LogP contribution in [0.4, 0.5) is 0 Å². The number of nitrogens with one attached hydrogen (secondary N) is 1. The van der Waals surface area contributed by atoms with Crippen molar-refractivity contribution in [1.29, 1.82) is 0 Å². The second-order valence-corrected chi connectivity index (χ2v) is 7.67. The molecule has 0 fully saturated rings. The molecule has 0 aliphatic rings. The number of methoxy groups -OCH3 is 1. The fourth-order valence-corrected chi connectivity index (χ4v) is 3.99. The van der Waals surface area contributed by atoms with Crippen molar-refractivity contribution >= 4 is 43.4 Å². The lowest BCUT2D eigenvalue weighted by Crippen LogP contribution is -2.23. The predicted octanol–water partition coefficient (Wildman–Crippen LogP) is 5.26. The number of hydrogen-bond donors (Lipinski definition) is 1. The number of nitrogens with zero attached hydrogens (tertiary/aromatic N) is 1. The molecule has 4 aromatic rings. The van der Waals surface area contributed by atoms with Crippen molar-refractivity contribution in [2.75, 3.05) is 7.11 Å². The average Bonchev–Trinajstić information content (AvgIpc) is 3.33. The van der Waals surface area contributed by atoms with Gasteiger partial charge in [0, 0.05) is 4.47 Å². The number of para-hydroxylation sites is 1. The smallest absolute Gasteiger partial charge is 0.252 e. The van der Waals surface area contributed by atoms with Gasteiger partial charge in [-0.15, -0.1) is 11.3 Å². The van der Waals surface area contributed by atoms with Gasteiger partial charge in [0.2, 0.25) is 0 Å². The lowest BCUT2D eigenvalue weighted by molar-refractivity contribution is 0.0947. The van der Waals surface area contributed by atoms with Crippen molar-refractivity contribution in [2.24, 2.45) is 0 Å². The Labute approximate surface area is 168 Å². The van der Waals surface area contributed by atoms with Gasteiger partial charge < -0.3 is 14.5 Å². The van der Waals surface area contributed by atoms with Crippen molar-refractivity contribution in [2.45, 2.75) is 6.54 Å². The van der Waals surface area contributed by atoms with Gasteiger partial charge in [-0.3, -0.25) is 4.79 Å². The Morgan fingerprint density at radius 1 is 1.22 bits per heavy atom. The summed E-state index contributed by atoms with van der Waals surface area (Å²) in [5, 5.41) is 3.69. The first-order chi connectivity index (χ1) is 13.1. The molecule has 0 aliphatic heterocycles. The first-order valence-corrected chi connectivity index (χ1v) is 9.81. The molecule has 27 heavy (non-hydrogen) atoms. The van der Waals surface area contributed by atoms with E-state index < -0.39 is 0 Å². The first kappa shape index (κ1) is 17.8. The molecule has 4 rings (SSSR count). The third-order valence-corrected chi connectivity index (χ3v) is 5.75. The molecule has 0 saturated carbocycles.